The molecule has 0 aromatic carbocycles. The Kier molecular flexibility index (Phi) is 3.29. The molecule has 86 valence electrons. The number of aliphatic imine (C=N–C) groups is 1. The lowest BCUT2D eigenvalue weighted by molar-refractivity contribution is 0.245. The first-order valence-corrected chi connectivity index (χ1v) is 7.05. The molecule has 2 rings (SSSR count). The maximum atomic E-state index is 4.76. The number of rotatable bonds is 3. The highest BCUT2D eigenvalue weighted by Crippen LogP contribution is 2.33. The lowest BCUT2D eigenvalue weighted by Gasteiger charge is -2.39. The van der Waals surface area contributed by atoms with Crippen molar-refractivity contribution in [1.82, 2.24) is 5.32 Å². The highest BCUT2D eigenvalue weighted by Gasteiger charge is 2.33. The number of thioether (sulfide) groups is 1. The van der Waals surface area contributed by atoms with E-state index in [1.54, 1.807) is 0 Å². The van der Waals surface area contributed by atoms with E-state index in [2.05, 4.69) is 26.1 Å². The SMILES string of the molecule is CC(C)CC1CSC(NC2(C)CCC2)=N1. The minimum Gasteiger partial charge on any atom is -0.360 e. The van der Waals surface area contributed by atoms with Gasteiger partial charge in [-0.1, -0.05) is 25.6 Å². The van der Waals surface area contributed by atoms with Crippen LogP contribution in [0.2, 0.25) is 0 Å². The molecule has 3 heteroatoms. The van der Waals surface area contributed by atoms with Gasteiger partial charge in [0.25, 0.3) is 0 Å². The molecule has 1 heterocycles. The Labute approximate surface area is 97.3 Å². The van der Waals surface area contributed by atoms with Crippen LogP contribution in [0, 0.1) is 5.92 Å². The molecule has 0 saturated heterocycles. The molecule has 1 unspecified atom stereocenters. The average Bonchev–Trinajstić information content (AvgIpc) is 2.48. The summed E-state index contributed by atoms with van der Waals surface area (Å²) in [5.74, 6) is 1.94. The molecule has 0 spiro atoms. The minimum atomic E-state index is 0.360. The first-order valence-electron chi connectivity index (χ1n) is 6.06. The topological polar surface area (TPSA) is 24.4 Å². The van der Waals surface area contributed by atoms with Crippen molar-refractivity contribution in [3.8, 4) is 0 Å². The molecule has 0 amide bonds. The van der Waals surface area contributed by atoms with E-state index in [-0.39, 0.29) is 0 Å². The van der Waals surface area contributed by atoms with E-state index in [1.807, 2.05) is 11.8 Å². The van der Waals surface area contributed by atoms with E-state index in [1.165, 1.54) is 36.6 Å². The summed E-state index contributed by atoms with van der Waals surface area (Å²) >= 11 is 1.91. The van der Waals surface area contributed by atoms with E-state index < -0.39 is 0 Å². The van der Waals surface area contributed by atoms with Gasteiger partial charge in [0.05, 0.1) is 6.04 Å². The van der Waals surface area contributed by atoms with Crippen molar-refractivity contribution in [1.29, 1.82) is 0 Å². The molecule has 2 nitrogen and oxygen atoms in total. The van der Waals surface area contributed by atoms with Gasteiger partial charge in [-0.2, -0.15) is 0 Å². The minimum absolute atomic E-state index is 0.360. The Morgan fingerprint density at radius 1 is 1.53 bits per heavy atom. The summed E-state index contributed by atoms with van der Waals surface area (Å²) in [7, 11) is 0. The highest BCUT2D eigenvalue weighted by atomic mass is 32.2. The van der Waals surface area contributed by atoms with E-state index in [0.29, 0.717) is 11.6 Å². The summed E-state index contributed by atoms with van der Waals surface area (Å²) in [4.78, 5) is 4.76. The molecule has 1 atom stereocenters. The Morgan fingerprint density at radius 2 is 2.27 bits per heavy atom. The first kappa shape index (κ1) is 11.3. The van der Waals surface area contributed by atoms with Gasteiger partial charge in [0.15, 0.2) is 5.17 Å². The molecule has 1 saturated carbocycles. The first-order chi connectivity index (χ1) is 7.07. The van der Waals surface area contributed by atoms with Crippen LogP contribution in [0.1, 0.15) is 46.5 Å². The van der Waals surface area contributed by atoms with Crippen molar-refractivity contribution in [2.45, 2.75) is 58.0 Å². The van der Waals surface area contributed by atoms with Gasteiger partial charge in [-0.15, -0.1) is 0 Å². The molecule has 0 aromatic heterocycles. The van der Waals surface area contributed by atoms with Crippen molar-refractivity contribution in [3.63, 3.8) is 0 Å². The predicted octanol–water partition coefficient (Wildman–Crippen LogP) is 3.04. The Bertz CT molecular complexity index is 256. The van der Waals surface area contributed by atoms with Crippen LogP contribution >= 0.6 is 11.8 Å². The molecule has 15 heavy (non-hydrogen) atoms. The van der Waals surface area contributed by atoms with Crippen molar-refractivity contribution in [2.24, 2.45) is 10.9 Å². The maximum Gasteiger partial charge on any atom is 0.157 e. The van der Waals surface area contributed by atoms with Crippen LogP contribution in [0.5, 0.6) is 0 Å². The number of nitrogens with one attached hydrogen (secondary N) is 1. The zero-order chi connectivity index (χ0) is 10.9. The summed E-state index contributed by atoms with van der Waals surface area (Å²) in [6.45, 7) is 6.87. The van der Waals surface area contributed by atoms with Crippen molar-refractivity contribution >= 4 is 16.9 Å². The van der Waals surface area contributed by atoms with E-state index >= 15 is 0 Å². The van der Waals surface area contributed by atoms with Crippen LogP contribution < -0.4 is 5.32 Å². The molecule has 1 N–H and O–H groups in total. The molecule has 2 aliphatic rings. The second kappa shape index (κ2) is 4.36. The number of amidine groups is 1. The fourth-order valence-electron chi connectivity index (χ4n) is 2.24. The molecular formula is C12H22N2S. The van der Waals surface area contributed by atoms with Gasteiger partial charge in [0, 0.05) is 11.3 Å². The van der Waals surface area contributed by atoms with Gasteiger partial charge >= 0.3 is 0 Å². The molecule has 0 bridgehead atoms. The predicted molar refractivity (Wildman–Crippen MR) is 68.5 cm³/mol. The molecule has 0 radical (unpaired) electrons. The van der Waals surface area contributed by atoms with Crippen LogP contribution in [0.4, 0.5) is 0 Å². The van der Waals surface area contributed by atoms with Gasteiger partial charge in [-0.25, -0.2) is 0 Å². The Morgan fingerprint density at radius 3 is 2.80 bits per heavy atom. The number of hydrogen-bond acceptors (Lipinski definition) is 3. The largest absolute Gasteiger partial charge is 0.360 e. The quantitative estimate of drug-likeness (QED) is 0.800. The Hall–Kier alpha value is -0.180. The zero-order valence-corrected chi connectivity index (χ0v) is 10.9. The monoisotopic (exact) mass is 226 g/mol. The number of nitrogens with zero attached hydrogens (tertiary/aromatic N) is 1. The van der Waals surface area contributed by atoms with E-state index in [9.17, 15) is 0 Å². The fraction of sp³-hybridized carbons (Fsp3) is 0.917. The normalized spacial score (nSPS) is 28.8. The highest BCUT2D eigenvalue weighted by molar-refractivity contribution is 8.14. The summed E-state index contributed by atoms with van der Waals surface area (Å²) in [6, 6.07) is 0.557. The van der Waals surface area contributed by atoms with Crippen molar-refractivity contribution in [2.75, 3.05) is 5.75 Å². The van der Waals surface area contributed by atoms with Gasteiger partial charge in [0.1, 0.15) is 0 Å². The van der Waals surface area contributed by atoms with Crippen molar-refractivity contribution in [3.05, 3.63) is 0 Å². The van der Waals surface area contributed by atoms with Gasteiger partial charge < -0.3 is 5.32 Å². The maximum absolute atomic E-state index is 4.76. The van der Waals surface area contributed by atoms with Gasteiger partial charge in [0.2, 0.25) is 0 Å². The zero-order valence-electron chi connectivity index (χ0n) is 10.0. The standard InChI is InChI=1S/C12H22N2S/c1-9(2)7-10-8-15-11(13-10)14-12(3)5-4-6-12/h9-10H,4-8H2,1-3H3,(H,13,14). The lowest BCUT2D eigenvalue weighted by atomic mass is 9.79. The summed E-state index contributed by atoms with van der Waals surface area (Å²) < 4.78 is 0. The second-order valence-electron chi connectivity index (χ2n) is 5.57. The number of hydrogen-bond donors (Lipinski definition) is 1. The summed E-state index contributed by atoms with van der Waals surface area (Å²) in [6.07, 6.45) is 5.22. The molecule has 1 fully saturated rings. The van der Waals surface area contributed by atoms with Crippen LogP contribution in [0.25, 0.3) is 0 Å². The summed E-state index contributed by atoms with van der Waals surface area (Å²) in [5.41, 5.74) is 0.360. The van der Waals surface area contributed by atoms with E-state index in [0.717, 1.165) is 5.92 Å². The van der Waals surface area contributed by atoms with Crippen LogP contribution in [0.15, 0.2) is 4.99 Å². The molecule has 0 aromatic rings. The van der Waals surface area contributed by atoms with Crippen LogP contribution in [-0.2, 0) is 0 Å². The van der Waals surface area contributed by atoms with Gasteiger partial charge in [-0.05, 0) is 38.5 Å². The average molecular weight is 226 g/mol. The molecule has 1 aliphatic carbocycles. The fourth-order valence-corrected chi connectivity index (χ4v) is 3.34. The molecule has 1 aliphatic heterocycles. The smallest absolute Gasteiger partial charge is 0.157 e. The third-order valence-electron chi connectivity index (χ3n) is 3.32. The van der Waals surface area contributed by atoms with Crippen molar-refractivity contribution < 1.29 is 0 Å². The van der Waals surface area contributed by atoms with Crippen LogP contribution in [-0.4, -0.2) is 22.5 Å². The van der Waals surface area contributed by atoms with Crippen LogP contribution in [0.3, 0.4) is 0 Å². The van der Waals surface area contributed by atoms with E-state index in [4.69, 9.17) is 4.99 Å². The third kappa shape index (κ3) is 2.90. The molecular weight excluding hydrogens is 204 g/mol. The van der Waals surface area contributed by atoms with Gasteiger partial charge in [-0.3, -0.25) is 4.99 Å². The third-order valence-corrected chi connectivity index (χ3v) is 4.35. The Balaban J connectivity index is 1.83. The second-order valence-corrected chi connectivity index (χ2v) is 6.58. The lowest BCUT2D eigenvalue weighted by Crippen LogP contribution is -2.49. The summed E-state index contributed by atoms with van der Waals surface area (Å²) in [5, 5.41) is 4.80.